The maximum atomic E-state index is 11.8. The second-order valence-corrected chi connectivity index (χ2v) is 11.7. The summed E-state index contributed by atoms with van der Waals surface area (Å²) in [5, 5.41) is 0. The molecule has 0 fully saturated rings. The molecule has 0 amide bonds. The lowest BCUT2D eigenvalue weighted by atomic mass is 10.1. The molecule has 4 heteroatoms. The minimum atomic E-state index is -1.92. The molecule has 0 radical (unpaired) electrons. The molecule has 0 saturated heterocycles. The smallest absolute Gasteiger partial charge is 0.119 e. The van der Waals surface area contributed by atoms with Crippen molar-refractivity contribution in [1.82, 2.24) is 0 Å². The van der Waals surface area contributed by atoms with E-state index in [0.29, 0.717) is 13.2 Å². The number of hydrogen-bond donors (Lipinski definition) is 0. The zero-order chi connectivity index (χ0) is 26.2. The molecule has 36 heavy (non-hydrogen) atoms. The second kappa shape index (κ2) is 32.8. The standard InChI is InChI=1S/C32H64O3P/c1-3-5-7-9-11-13-15-17-18-19-20-22-24-26-28-30-32-35-36(33)34-31-29-27-25-23-21-16-14-12-10-8-6-4-2/h17-18H,3-16,19-32H2,1-2H3/q+1/b18-17-. The third-order valence-corrected chi connectivity index (χ3v) is 7.83. The van der Waals surface area contributed by atoms with Crippen LogP contribution in [0, 0.1) is 0 Å². The average molecular weight is 528 g/mol. The zero-order valence-electron chi connectivity index (χ0n) is 24.6. The van der Waals surface area contributed by atoms with E-state index < -0.39 is 8.25 Å². The van der Waals surface area contributed by atoms with Crippen LogP contribution >= 0.6 is 8.25 Å². The van der Waals surface area contributed by atoms with Gasteiger partial charge in [-0.15, -0.1) is 9.05 Å². The van der Waals surface area contributed by atoms with E-state index in [1.807, 2.05) is 0 Å². The van der Waals surface area contributed by atoms with Gasteiger partial charge in [0.1, 0.15) is 13.2 Å². The zero-order valence-corrected chi connectivity index (χ0v) is 25.5. The first-order valence-electron chi connectivity index (χ1n) is 16.2. The van der Waals surface area contributed by atoms with Crippen molar-refractivity contribution in [3.05, 3.63) is 12.2 Å². The summed E-state index contributed by atoms with van der Waals surface area (Å²) in [6.07, 6.45) is 38.8. The first-order chi connectivity index (χ1) is 17.8. The van der Waals surface area contributed by atoms with Gasteiger partial charge in [-0.05, 0) is 38.5 Å². The van der Waals surface area contributed by atoms with Gasteiger partial charge in [-0.1, -0.05) is 154 Å². The number of rotatable bonds is 31. The molecule has 0 aromatic carbocycles. The van der Waals surface area contributed by atoms with Crippen LogP contribution in [-0.2, 0) is 13.6 Å². The number of hydrogen-bond acceptors (Lipinski definition) is 3. The molecule has 1 unspecified atom stereocenters. The lowest BCUT2D eigenvalue weighted by Gasteiger charge is -2.02. The molecule has 0 aliphatic carbocycles. The molecule has 0 rings (SSSR count). The molecule has 0 heterocycles. The molecule has 0 aliphatic rings. The Morgan fingerprint density at radius 1 is 0.417 bits per heavy atom. The summed E-state index contributed by atoms with van der Waals surface area (Å²) >= 11 is 0. The molecule has 1 atom stereocenters. The quantitative estimate of drug-likeness (QED) is 0.0511. The maximum absolute atomic E-state index is 11.8. The van der Waals surface area contributed by atoms with E-state index in [2.05, 4.69) is 26.0 Å². The van der Waals surface area contributed by atoms with Crippen LogP contribution in [0.5, 0.6) is 0 Å². The highest BCUT2D eigenvalue weighted by Crippen LogP contribution is 2.25. The third-order valence-electron chi connectivity index (χ3n) is 7.05. The van der Waals surface area contributed by atoms with E-state index >= 15 is 0 Å². The van der Waals surface area contributed by atoms with Gasteiger partial charge >= 0.3 is 8.25 Å². The highest BCUT2D eigenvalue weighted by molar-refractivity contribution is 7.33. The number of unbranched alkanes of at least 4 members (excludes halogenated alkanes) is 23. The molecule has 0 spiro atoms. The predicted molar refractivity (Wildman–Crippen MR) is 160 cm³/mol. The Balaban J connectivity index is 3.18. The van der Waals surface area contributed by atoms with Crippen LogP contribution in [0.4, 0.5) is 0 Å². The fraction of sp³-hybridized carbons (Fsp3) is 0.938. The van der Waals surface area contributed by atoms with E-state index in [1.54, 1.807) is 0 Å². The van der Waals surface area contributed by atoms with Crippen LogP contribution in [0.2, 0.25) is 0 Å². The fourth-order valence-corrected chi connectivity index (χ4v) is 5.24. The molecule has 0 aromatic rings. The van der Waals surface area contributed by atoms with Crippen LogP contribution in [0.3, 0.4) is 0 Å². The molecule has 0 bridgehead atoms. The van der Waals surface area contributed by atoms with Crippen molar-refractivity contribution >= 4 is 8.25 Å². The van der Waals surface area contributed by atoms with Crippen molar-refractivity contribution in [3.8, 4) is 0 Å². The Hall–Kier alpha value is -0.240. The van der Waals surface area contributed by atoms with Gasteiger partial charge in [-0.2, -0.15) is 0 Å². The van der Waals surface area contributed by atoms with E-state index in [-0.39, 0.29) is 0 Å². The maximum Gasteiger partial charge on any atom is 0.697 e. The molecule has 3 nitrogen and oxygen atoms in total. The summed E-state index contributed by atoms with van der Waals surface area (Å²) in [4.78, 5) is 0. The molecule has 214 valence electrons. The summed E-state index contributed by atoms with van der Waals surface area (Å²) in [6.45, 7) is 5.69. The topological polar surface area (TPSA) is 35.5 Å². The summed E-state index contributed by atoms with van der Waals surface area (Å²) in [6, 6.07) is 0. The van der Waals surface area contributed by atoms with Crippen molar-refractivity contribution in [2.75, 3.05) is 13.2 Å². The van der Waals surface area contributed by atoms with Gasteiger partial charge in [0.05, 0.1) is 0 Å². The van der Waals surface area contributed by atoms with Gasteiger partial charge in [-0.3, -0.25) is 0 Å². The molecule has 0 aromatic heterocycles. The van der Waals surface area contributed by atoms with Crippen molar-refractivity contribution < 1.29 is 13.6 Å². The Bertz CT molecular complexity index is 453. The molecular formula is C32H64O3P+. The Labute approximate surface area is 227 Å². The summed E-state index contributed by atoms with van der Waals surface area (Å²) in [5.41, 5.74) is 0. The van der Waals surface area contributed by atoms with E-state index in [4.69, 9.17) is 9.05 Å². The molecular weight excluding hydrogens is 463 g/mol. The normalized spacial score (nSPS) is 12.1. The Kier molecular flexibility index (Phi) is 32.6. The van der Waals surface area contributed by atoms with Crippen LogP contribution < -0.4 is 0 Å². The third kappa shape index (κ3) is 31.8. The average Bonchev–Trinajstić information content (AvgIpc) is 2.88. The minimum Gasteiger partial charge on any atom is -0.119 e. The van der Waals surface area contributed by atoms with Gasteiger partial charge in [-0.25, -0.2) is 0 Å². The number of allylic oxidation sites excluding steroid dienone is 2. The van der Waals surface area contributed by atoms with E-state index in [0.717, 1.165) is 19.3 Å². The van der Waals surface area contributed by atoms with Gasteiger partial charge in [0.15, 0.2) is 0 Å². The van der Waals surface area contributed by atoms with Gasteiger partial charge in [0.2, 0.25) is 0 Å². The summed E-state index contributed by atoms with van der Waals surface area (Å²) < 4.78 is 22.5. The SMILES string of the molecule is CCCCCCCC/C=C\CCCCCCCCO[P+](=O)OCCCCCCCCCCCCCC. The first-order valence-corrected chi connectivity index (χ1v) is 17.3. The van der Waals surface area contributed by atoms with Gasteiger partial charge in [0, 0.05) is 4.57 Å². The predicted octanol–water partition coefficient (Wildman–Crippen LogP) is 12.4. The van der Waals surface area contributed by atoms with E-state index in [9.17, 15) is 4.57 Å². The van der Waals surface area contributed by atoms with Crippen molar-refractivity contribution in [2.45, 2.75) is 181 Å². The molecule has 0 saturated carbocycles. The largest absolute Gasteiger partial charge is 0.697 e. The Morgan fingerprint density at radius 3 is 1.03 bits per heavy atom. The highest BCUT2D eigenvalue weighted by atomic mass is 31.1. The summed E-state index contributed by atoms with van der Waals surface area (Å²) in [5.74, 6) is 0. The van der Waals surface area contributed by atoms with Gasteiger partial charge < -0.3 is 0 Å². The molecule has 0 N–H and O–H groups in total. The van der Waals surface area contributed by atoms with Crippen molar-refractivity contribution in [3.63, 3.8) is 0 Å². The first kappa shape index (κ1) is 35.8. The summed E-state index contributed by atoms with van der Waals surface area (Å²) in [7, 11) is -1.92. The van der Waals surface area contributed by atoms with Crippen LogP contribution in [0.25, 0.3) is 0 Å². The van der Waals surface area contributed by atoms with Crippen LogP contribution in [-0.4, -0.2) is 13.2 Å². The Morgan fingerprint density at radius 2 is 0.694 bits per heavy atom. The second-order valence-electron chi connectivity index (χ2n) is 10.7. The highest BCUT2D eigenvalue weighted by Gasteiger charge is 2.18. The molecule has 0 aliphatic heterocycles. The fourth-order valence-electron chi connectivity index (χ4n) is 4.61. The van der Waals surface area contributed by atoms with Crippen LogP contribution in [0.15, 0.2) is 12.2 Å². The van der Waals surface area contributed by atoms with Gasteiger partial charge in [0.25, 0.3) is 0 Å². The lowest BCUT2D eigenvalue weighted by Crippen LogP contribution is -1.92. The van der Waals surface area contributed by atoms with Crippen LogP contribution in [0.1, 0.15) is 181 Å². The van der Waals surface area contributed by atoms with Crippen molar-refractivity contribution in [1.29, 1.82) is 0 Å². The monoisotopic (exact) mass is 527 g/mol. The van der Waals surface area contributed by atoms with E-state index in [1.165, 1.54) is 148 Å². The lowest BCUT2D eigenvalue weighted by molar-refractivity contribution is 0.218. The van der Waals surface area contributed by atoms with Crippen molar-refractivity contribution in [2.24, 2.45) is 0 Å². The minimum absolute atomic E-state index is 0.564.